The Balaban J connectivity index is 2.85. The van der Waals surface area contributed by atoms with Crippen LogP contribution in [0.25, 0.3) is 10.9 Å². The molecule has 0 aliphatic carbocycles. The predicted molar refractivity (Wildman–Crippen MR) is 50.4 cm³/mol. The molecule has 3 heteroatoms. The molecule has 0 bridgehead atoms. The van der Waals surface area contributed by atoms with E-state index in [0.29, 0.717) is 0 Å². The molecule has 3 nitrogen and oxygen atoms in total. The van der Waals surface area contributed by atoms with Gasteiger partial charge in [0.15, 0.2) is 6.54 Å². The minimum absolute atomic E-state index is 0.0659. The zero-order chi connectivity index (χ0) is 9.26. The summed E-state index contributed by atoms with van der Waals surface area (Å²) in [5.74, 6) is 0. The van der Waals surface area contributed by atoms with E-state index >= 15 is 0 Å². The van der Waals surface area contributed by atoms with Gasteiger partial charge in [0, 0.05) is 0 Å². The Morgan fingerprint density at radius 1 is 1.38 bits per heavy atom. The highest BCUT2D eigenvalue weighted by molar-refractivity contribution is 5.76. The molecule has 0 saturated heterocycles. The van der Waals surface area contributed by atoms with Crippen molar-refractivity contribution in [2.75, 3.05) is 0 Å². The zero-order valence-corrected chi connectivity index (χ0v) is 7.45. The van der Waals surface area contributed by atoms with Crippen molar-refractivity contribution in [3.05, 3.63) is 40.7 Å². The fourth-order valence-electron chi connectivity index (χ4n) is 1.36. The quantitative estimate of drug-likeness (QED) is 0.640. The van der Waals surface area contributed by atoms with Crippen LogP contribution < -0.4 is 10.1 Å². The monoisotopic (exact) mass is 175 g/mol. The molecule has 1 aromatic carbocycles. The Morgan fingerprint density at radius 2 is 2.15 bits per heavy atom. The maximum Gasteiger partial charge on any atom is 0.253 e. The number of H-pyrrole nitrogens is 1. The van der Waals surface area contributed by atoms with E-state index in [2.05, 4.69) is 5.10 Å². The van der Waals surface area contributed by atoms with Crippen LogP contribution in [0.3, 0.4) is 0 Å². The molecule has 13 heavy (non-hydrogen) atoms. The van der Waals surface area contributed by atoms with E-state index in [4.69, 9.17) is 0 Å². The van der Waals surface area contributed by atoms with Crippen LogP contribution in [-0.2, 0) is 6.54 Å². The Kier molecular flexibility index (Phi) is 1.85. The van der Waals surface area contributed by atoms with Crippen LogP contribution in [-0.4, -0.2) is 5.10 Å². The minimum atomic E-state index is 0.0659. The summed E-state index contributed by atoms with van der Waals surface area (Å²) in [7, 11) is 0. The van der Waals surface area contributed by atoms with Crippen LogP contribution in [0, 0.1) is 0 Å². The number of fused-ring (bicyclic) bond motifs is 1. The van der Waals surface area contributed by atoms with Crippen molar-refractivity contribution in [2.24, 2.45) is 0 Å². The third-order valence-corrected chi connectivity index (χ3v) is 2.07. The third kappa shape index (κ3) is 1.33. The third-order valence-electron chi connectivity index (χ3n) is 2.07. The standard InChI is InChI=1S/C10H10N2O/c1-2-12-7-10(13)8-5-3-4-6-9(8)11-12/h3-7H,2H2,1H3/p+1. The van der Waals surface area contributed by atoms with E-state index in [1.54, 1.807) is 10.9 Å². The van der Waals surface area contributed by atoms with E-state index in [1.165, 1.54) is 0 Å². The Morgan fingerprint density at radius 3 is 2.92 bits per heavy atom. The van der Waals surface area contributed by atoms with Gasteiger partial charge >= 0.3 is 0 Å². The first kappa shape index (κ1) is 7.98. The Labute approximate surface area is 75.6 Å². The van der Waals surface area contributed by atoms with Crippen molar-refractivity contribution in [3.63, 3.8) is 0 Å². The van der Waals surface area contributed by atoms with E-state index in [0.717, 1.165) is 17.4 Å². The topological polar surface area (TPSA) is 36.7 Å². The molecule has 0 amide bonds. The van der Waals surface area contributed by atoms with Crippen molar-refractivity contribution in [1.29, 1.82) is 0 Å². The summed E-state index contributed by atoms with van der Waals surface area (Å²) in [6.07, 6.45) is 1.59. The molecule has 1 N–H and O–H groups in total. The molecule has 0 atom stereocenters. The number of para-hydroxylation sites is 1. The number of aromatic amines is 1. The lowest BCUT2D eigenvalue weighted by atomic mass is 10.2. The average molecular weight is 175 g/mol. The van der Waals surface area contributed by atoms with Crippen LogP contribution in [0.5, 0.6) is 0 Å². The maximum atomic E-state index is 11.5. The fourth-order valence-corrected chi connectivity index (χ4v) is 1.36. The maximum absolute atomic E-state index is 11.5. The largest absolute Gasteiger partial charge is 0.282 e. The highest BCUT2D eigenvalue weighted by Crippen LogP contribution is 2.02. The smallest absolute Gasteiger partial charge is 0.253 e. The lowest BCUT2D eigenvalue weighted by molar-refractivity contribution is -0.749. The highest BCUT2D eigenvalue weighted by atomic mass is 16.1. The van der Waals surface area contributed by atoms with Crippen molar-refractivity contribution >= 4 is 10.9 Å². The van der Waals surface area contributed by atoms with E-state index in [1.807, 2.05) is 31.2 Å². The number of hydrogen-bond acceptors (Lipinski definition) is 1. The van der Waals surface area contributed by atoms with Gasteiger partial charge in [0.1, 0.15) is 5.52 Å². The summed E-state index contributed by atoms with van der Waals surface area (Å²) < 4.78 is 1.78. The molecule has 2 rings (SSSR count). The first-order valence-electron chi connectivity index (χ1n) is 4.33. The summed E-state index contributed by atoms with van der Waals surface area (Å²) in [4.78, 5) is 11.5. The van der Waals surface area contributed by atoms with Crippen molar-refractivity contribution in [3.8, 4) is 0 Å². The van der Waals surface area contributed by atoms with Gasteiger partial charge in [-0.15, -0.1) is 4.68 Å². The van der Waals surface area contributed by atoms with Crippen molar-refractivity contribution < 1.29 is 4.68 Å². The molecule has 1 heterocycles. The summed E-state index contributed by atoms with van der Waals surface area (Å²) >= 11 is 0. The molecule has 0 aliphatic rings. The molecule has 0 fully saturated rings. The van der Waals surface area contributed by atoms with Crippen LogP contribution in [0.1, 0.15) is 6.92 Å². The summed E-state index contributed by atoms with van der Waals surface area (Å²) in [6, 6.07) is 7.52. The molecular formula is C10H11N2O+. The van der Waals surface area contributed by atoms with Gasteiger partial charge < -0.3 is 0 Å². The molecule has 2 aromatic rings. The summed E-state index contributed by atoms with van der Waals surface area (Å²) in [5.41, 5.74) is 0.952. The first-order chi connectivity index (χ1) is 6.31. The molecule has 0 spiro atoms. The fraction of sp³-hybridized carbons (Fsp3) is 0.200. The van der Waals surface area contributed by atoms with Gasteiger partial charge in [-0.2, -0.15) is 5.10 Å². The molecule has 0 radical (unpaired) electrons. The zero-order valence-electron chi connectivity index (χ0n) is 7.45. The van der Waals surface area contributed by atoms with Crippen molar-refractivity contribution in [2.45, 2.75) is 13.5 Å². The first-order valence-corrected chi connectivity index (χ1v) is 4.33. The van der Waals surface area contributed by atoms with Gasteiger partial charge in [-0.1, -0.05) is 12.1 Å². The number of aryl methyl sites for hydroxylation is 1. The number of benzene rings is 1. The number of rotatable bonds is 1. The molecule has 66 valence electrons. The van der Waals surface area contributed by atoms with Crippen LogP contribution in [0.15, 0.2) is 35.3 Å². The average Bonchev–Trinajstić information content (AvgIpc) is 2.18. The van der Waals surface area contributed by atoms with E-state index < -0.39 is 0 Å². The summed E-state index contributed by atoms with van der Waals surface area (Å²) in [6.45, 7) is 2.77. The van der Waals surface area contributed by atoms with Crippen molar-refractivity contribution in [1.82, 2.24) is 5.10 Å². The Hall–Kier alpha value is -1.64. The number of nitrogens with zero attached hydrogens (tertiary/aromatic N) is 1. The molecule has 0 unspecified atom stereocenters. The van der Waals surface area contributed by atoms with Gasteiger partial charge in [0.2, 0.25) is 6.20 Å². The van der Waals surface area contributed by atoms with Crippen LogP contribution in [0.4, 0.5) is 0 Å². The van der Waals surface area contributed by atoms with Gasteiger partial charge in [0.25, 0.3) is 5.43 Å². The van der Waals surface area contributed by atoms with Gasteiger partial charge in [-0.3, -0.25) is 4.79 Å². The van der Waals surface area contributed by atoms with Crippen LogP contribution >= 0.6 is 0 Å². The minimum Gasteiger partial charge on any atom is -0.282 e. The number of hydrogen-bond donors (Lipinski definition) is 1. The van der Waals surface area contributed by atoms with E-state index in [-0.39, 0.29) is 5.43 Å². The number of aromatic nitrogens is 2. The van der Waals surface area contributed by atoms with E-state index in [9.17, 15) is 4.79 Å². The van der Waals surface area contributed by atoms with Gasteiger partial charge in [-0.25, -0.2) is 0 Å². The molecular weight excluding hydrogens is 164 g/mol. The second-order valence-corrected chi connectivity index (χ2v) is 2.94. The summed E-state index contributed by atoms with van der Waals surface area (Å²) in [5, 5.41) is 3.88. The SMILES string of the molecule is CC[n+]1cc(=O)c2ccccc2[nH]1. The molecule has 0 aliphatic heterocycles. The highest BCUT2D eigenvalue weighted by Gasteiger charge is 2.03. The lowest BCUT2D eigenvalue weighted by Gasteiger charge is -1.95. The lowest BCUT2D eigenvalue weighted by Crippen LogP contribution is -2.39. The normalized spacial score (nSPS) is 10.5. The second-order valence-electron chi connectivity index (χ2n) is 2.94. The predicted octanol–water partition coefficient (Wildman–Crippen LogP) is 0.835. The van der Waals surface area contributed by atoms with Gasteiger partial charge in [-0.05, 0) is 19.1 Å². The second kappa shape index (κ2) is 3.01. The van der Waals surface area contributed by atoms with Crippen LogP contribution in [0.2, 0.25) is 0 Å². The Bertz CT molecular complexity index is 487. The number of nitrogens with one attached hydrogen (secondary N) is 1. The molecule has 0 saturated carbocycles. The van der Waals surface area contributed by atoms with Gasteiger partial charge in [0.05, 0.1) is 5.39 Å². The molecule has 1 aromatic heterocycles.